The van der Waals surface area contributed by atoms with E-state index in [1.54, 1.807) is 19.1 Å². The van der Waals surface area contributed by atoms with E-state index in [-0.39, 0.29) is 5.78 Å². The van der Waals surface area contributed by atoms with Gasteiger partial charge in [0.1, 0.15) is 0 Å². The third-order valence-electron chi connectivity index (χ3n) is 4.37. The van der Waals surface area contributed by atoms with Crippen LogP contribution in [0.4, 0.5) is 0 Å². The van der Waals surface area contributed by atoms with Gasteiger partial charge in [-0.15, -0.1) is 0 Å². The average molecular weight is 422 g/mol. The summed E-state index contributed by atoms with van der Waals surface area (Å²) in [5.41, 5.74) is 5.62. The van der Waals surface area contributed by atoms with Crippen molar-refractivity contribution in [2.45, 2.75) is 54.1 Å². The summed E-state index contributed by atoms with van der Waals surface area (Å²) in [4.78, 5) is 11.1. The molecule has 2 rings (SSSR count). The lowest BCUT2D eigenvalue weighted by Gasteiger charge is -2.02. The topological polar surface area (TPSA) is 50.8 Å². The molecule has 28 heavy (non-hydrogen) atoms. The monoisotopic (exact) mass is 421 g/mol. The molecule has 1 heterocycles. The van der Waals surface area contributed by atoms with Crippen molar-refractivity contribution in [2.24, 2.45) is 0 Å². The number of carbonyl (C=O) groups excluding carboxylic acids is 1. The number of nitrogens with zero attached hydrogens (tertiary/aromatic N) is 2. The van der Waals surface area contributed by atoms with E-state index in [2.05, 4.69) is 13.8 Å². The molecule has 0 aliphatic rings. The largest absolute Gasteiger partial charge is 0.311 e. The predicted molar refractivity (Wildman–Crippen MR) is 120 cm³/mol. The molecule has 0 unspecified atom stereocenters. The molecular weight excluding hydrogens is 393 g/mol. The fourth-order valence-electron chi connectivity index (χ4n) is 2.93. The number of rotatable bonds is 6. The van der Waals surface area contributed by atoms with Crippen molar-refractivity contribution in [1.29, 1.82) is 5.41 Å². The molecule has 1 aromatic carbocycles. The van der Waals surface area contributed by atoms with Crippen molar-refractivity contribution >= 4 is 40.0 Å². The van der Waals surface area contributed by atoms with Crippen molar-refractivity contribution in [3.05, 3.63) is 63.7 Å². The Kier molecular flexibility index (Phi) is 10.0. The van der Waals surface area contributed by atoms with Gasteiger partial charge in [-0.25, -0.2) is 0 Å². The average Bonchev–Trinajstić information content (AvgIpc) is 2.94. The van der Waals surface area contributed by atoms with E-state index in [1.807, 2.05) is 47.3 Å². The van der Waals surface area contributed by atoms with Crippen LogP contribution in [0.1, 0.15) is 41.0 Å². The van der Waals surface area contributed by atoms with Gasteiger partial charge in [-0.05, 0) is 51.8 Å². The maximum Gasteiger partial charge on any atom is 0.203 e. The first kappa shape index (κ1) is 24.0. The summed E-state index contributed by atoms with van der Waals surface area (Å²) < 4.78 is 3.97. The molecule has 0 aliphatic heterocycles. The highest BCUT2D eigenvalue weighted by molar-refractivity contribution is 6.35. The second-order valence-corrected chi connectivity index (χ2v) is 6.91. The van der Waals surface area contributed by atoms with Gasteiger partial charge in [0.15, 0.2) is 5.78 Å². The van der Waals surface area contributed by atoms with Gasteiger partial charge in [0.2, 0.25) is 5.62 Å². The molecule has 0 radical (unpaired) electrons. The number of hydrogen-bond acceptors (Lipinski definition) is 2. The summed E-state index contributed by atoms with van der Waals surface area (Å²) >= 11 is 11.6. The molecule has 0 spiro atoms. The molecule has 0 fully saturated rings. The molecular formula is C22H29Cl2N3O. The number of Topliss-reactive ketones (excluding diaryl/α,β-unsaturated/α-hetero) is 1. The van der Waals surface area contributed by atoms with E-state index in [9.17, 15) is 4.79 Å². The number of ketones is 1. The number of hydrogen-bond donors (Lipinski definition) is 1. The number of halogens is 2. The SMILES string of the molecule is CCCn1c(=N)n(CC)c2cccc(Cl)c21.C\C=C(C)/C(=C\C=C\Cl)C(C)=O. The highest BCUT2D eigenvalue weighted by atomic mass is 35.5. The van der Waals surface area contributed by atoms with Crippen LogP contribution in [0.2, 0.25) is 5.02 Å². The zero-order valence-corrected chi connectivity index (χ0v) is 18.7. The summed E-state index contributed by atoms with van der Waals surface area (Å²) in [7, 11) is 0. The minimum atomic E-state index is 0.0559. The molecule has 0 saturated heterocycles. The number of aromatic nitrogens is 2. The lowest BCUT2D eigenvalue weighted by molar-refractivity contribution is -0.113. The van der Waals surface area contributed by atoms with Crippen LogP contribution in [0.15, 0.2) is 53.1 Å². The van der Waals surface area contributed by atoms with Crippen LogP contribution in [0.5, 0.6) is 0 Å². The van der Waals surface area contributed by atoms with Crippen LogP contribution >= 0.6 is 23.2 Å². The third-order valence-corrected chi connectivity index (χ3v) is 4.82. The molecule has 0 bridgehead atoms. The first-order chi connectivity index (χ1) is 13.3. The first-order valence-electron chi connectivity index (χ1n) is 9.37. The van der Waals surface area contributed by atoms with Crippen LogP contribution in [0.25, 0.3) is 11.0 Å². The molecule has 0 aliphatic carbocycles. The second-order valence-electron chi connectivity index (χ2n) is 6.25. The molecule has 4 nitrogen and oxygen atoms in total. The molecule has 6 heteroatoms. The smallest absolute Gasteiger partial charge is 0.203 e. The quantitative estimate of drug-likeness (QED) is 0.436. The number of nitrogens with one attached hydrogen (secondary N) is 1. The highest BCUT2D eigenvalue weighted by Crippen LogP contribution is 2.22. The summed E-state index contributed by atoms with van der Waals surface area (Å²) in [6, 6.07) is 5.84. The standard InChI is InChI=1S/C12H16ClN3.C10H13ClO/c1-3-8-16-11-9(13)6-5-7-10(11)15(4-2)12(16)14;1-4-8(2)10(9(3)12)6-5-7-11/h5-7,14H,3-4,8H2,1-2H3;4-7H,1-3H3/b;7-5+,8-4-,10-6+. The maximum atomic E-state index is 11.1. The van der Waals surface area contributed by atoms with Crippen molar-refractivity contribution in [1.82, 2.24) is 9.13 Å². The van der Waals surface area contributed by atoms with Gasteiger partial charge in [0, 0.05) is 24.2 Å². The van der Waals surface area contributed by atoms with Gasteiger partial charge in [0.05, 0.1) is 16.1 Å². The van der Waals surface area contributed by atoms with Crippen molar-refractivity contribution < 1.29 is 4.79 Å². The Morgan fingerprint density at radius 2 is 1.89 bits per heavy atom. The van der Waals surface area contributed by atoms with Crippen LogP contribution in [-0.2, 0) is 17.9 Å². The van der Waals surface area contributed by atoms with E-state index in [1.165, 1.54) is 5.54 Å². The lowest BCUT2D eigenvalue weighted by Crippen LogP contribution is -2.24. The van der Waals surface area contributed by atoms with Crippen LogP contribution in [0.3, 0.4) is 0 Å². The number of para-hydroxylation sites is 1. The van der Waals surface area contributed by atoms with Crippen molar-refractivity contribution in [2.75, 3.05) is 0 Å². The maximum absolute atomic E-state index is 11.1. The molecule has 152 valence electrons. The van der Waals surface area contributed by atoms with E-state index in [4.69, 9.17) is 28.6 Å². The molecule has 0 atom stereocenters. The third kappa shape index (κ3) is 5.73. The minimum absolute atomic E-state index is 0.0559. The van der Waals surface area contributed by atoms with Gasteiger partial charge < -0.3 is 9.13 Å². The molecule has 0 saturated carbocycles. The Morgan fingerprint density at radius 1 is 1.21 bits per heavy atom. The highest BCUT2D eigenvalue weighted by Gasteiger charge is 2.11. The van der Waals surface area contributed by atoms with Gasteiger partial charge in [-0.1, -0.05) is 54.4 Å². The molecule has 1 N–H and O–H groups in total. The Balaban J connectivity index is 0.000000295. The Labute approximate surface area is 177 Å². The summed E-state index contributed by atoms with van der Waals surface area (Å²) in [5.74, 6) is 0.0559. The van der Waals surface area contributed by atoms with Crippen molar-refractivity contribution in [3.8, 4) is 0 Å². The fraction of sp³-hybridized carbons (Fsp3) is 0.364. The van der Waals surface area contributed by atoms with E-state index in [0.717, 1.165) is 41.1 Å². The molecule has 2 aromatic rings. The zero-order chi connectivity index (χ0) is 21.3. The number of allylic oxidation sites excluding steroid dienone is 5. The van der Waals surface area contributed by atoms with E-state index in [0.29, 0.717) is 11.2 Å². The Morgan fingerprint density at radius 3 is 2.39 bits per heavy atom. The van der Waals surface area contributed by atoms with Gasteiger partial charge >= 0.3 is 0 Å². The number of carbonyl (C=O) groups is 1. The zero-order valence-electron chi connectivity index (χ0n) is 17.2. The van der Waals surface area contributed by atoms with E-state index >= 15 is 0 Å². The Hall–Kier alpha value is -2.04. The number of imidazole rings is 1. The number of benzene rings is 1. The normalized spacial score (nSPS) is 12.4. The van der Waals surface area contributed by atoms with Crippen LogP contribution < -0.4 is 5.62 Å². The van der Waals surface area contributed by atoms with Crippen LogP contribution in [-0.4, -0.2) is 14.9 Å². The first-order valence-corrected chi connectivity index (χ1v) is 10.2. The summed E-state index contributed by atoms with van der Waals surface area (Å²) in [6.45, 7) is 11.1. The van der Waals surface area contributed by atoms with E-state index < -0.39 is 0 Å². The summed E-state index contributed by atoms with van der Waals surface area (Å²) in [6.07, 6.45) is 6.26. The second kappa shape index (κ2) is 11.7. The fourth-order valence-corrected chi connectivity index (χ4v) is 3.27. The summed E-state index contributed by atoms with van der Waals surface area (Å²) in [5, 5.41) is 8.87. The number of aryl methyl sites for hydroxylation is 2. The Bertz CT molecular complexity index is 962. The van der Waals surface area contributed by atoms with Crippen LogP contribution in [0, 0.1) is 5.41 Å². The predicted octanol–water partition coefficient (Wildman–Crippen LogP) is 6.23. The van der Waals surface area contributed by atoms with Gasteiger partial charge in [-0.3, -0.25) is 10.2 Å². The van der Waals surface area contributed by atoms with Gasteiger partial charge in [-0.2, -0.15) is 0 Å². The minimum Gasteiger partial charge on any atom is -0.311 e. The lowest BCUT2D eigenvalue weighted by atomic mass is 10.0. The van der Waals surface area contributed by atoms with Gasteiger partial charge in [0.25, 0.3) is 0 Å². The molecule has 1 aromatic heterocycles. The molecule has 0 amide bonds. The van der Waals surface area contributed by atoms with Crippen molar-refractivity contribution in [3.63, 3.8) is 0 Å². The number of fused-ring (bicyclic) bond motifs is 1.